The Kier molecular flexibility index (Phi) is 3.76. The van der Waals surface area contributed by atoms with Crippen LogP contribution in [-0.2, 0) is 6.54 Å². The van der Waals surface area contributed by atoms with Crippen molar-refractivity contribution in [3.8, 4) is 11.1 Å². The second kappa shape index (κ2) is 6.39. The molecule has 5 rings (SSSR count). The average Bonchev–Trinajstić information content (AvgIpc) is 3.10. The van der Waals surface area contributed by atoms with Crippen molar-refractivity contribution in [2.45, 2.75) is 19.0 Å². The second-order valence-electron chi connectivity index (χ2n) is 6.84. The van der Waals surface area contributed by atoms with E-state index >= 15 is 0 Å². The maximum Gasteiger partial charge on any atom is 0.162 e. The summed E-state index contributed by atoms with van der Waals surface area (Å²) in [6.45, 7) is 2.04. The van der Waals surface area contributed by atoms with Crippen LogP contribution in [0.1, 0.15) is 23.6 Å². The fourth-order valence-electron chi connectivity index (χ4n) is 3.73. The van der Waals surface area contributed by atoms with E-state index in [0.29, 0.717) is 6.04 Å². The molecule has 0 radical (unpaired) electrons. The summed E-state index contributed by atoms with van der Waals surface area (Å²) >= 11 is 0. The second-order valence-corrected chi connectivity index (χ2v) is 6.84. The van der Waals surface area contributed by atoms with Gasteiger partial charge in [-0.05, 0) is 17.5 Å². The lowest BCUT2D eigenvalue weighted by Gasteiger charge is -2.41. The molecule has 0 saturated carbocycles. The van der Waals surface area contributed by atoms with Crippen molar-refractivity contribution in [3.63, 3.8) is 0 Å². The molecule has 1 aliphatic rings. The SMILES string of the molecule is c1ccc(-c2cnn3cc(CN4CC[C@@H]4c4ccccc4)cnc23)cc1. The molecule has 4 nitrogen and oxygen atoms in total. The molecule has 2 aromatic carbocycles. The Labute approximate surface area is 152 Å². The Morgan fingerprint density at radius 3 is 2.42 bits per heavy atom. The van der Waals surface area contributed by atoms with Crippen molar-refractivity contribution < 1.29 is 0 Å². The van der Waals surface area contributed by atoms with Crippen LogP contribution in [0.15, 0.2) is 79.3 Å². The van der Waals surface area contributed by atoms with Gasteiger partial charge in [-0.1, -0.05) is 60.7 Å². The maximum atomic E-state index is 4.70. The van der Waals surface area contributed by atoms with Gasteiger partial charge in [0, 0.05) is 42.7 Å². The highest BCUT2D eigenvalue weighted by Gasteiger charge is 2.29. The average molecular weight is 340 g/mol. The zero-order chi connectivity index (χ0) is 17.3. The minimum absolute atomic E-state index is 0.518. The molecule has 1 atom stereocenters. The zero-order valence-electron chi connectivity index (χ0n) is 14.5. The fraction of sp³-hybridized carbons (Fsp3) is 0.182. The summed E-state index contributed by atoms with van der Waals surface area (Å²) in [6.07, 6.45) is 7.22. The van der Waals surface area contributed by atoms with Gasteiger partial charge in [0.2, 0.25) is 0 Å². The lowest BCUT2D eigenvalue weighted by Crippen LogP contribution is -2.40. The van der Waals surface area contributed by atoms with Crippen molar-refractivity contribution >= 4 is 5.65 Å². The van der Waals surface area contributed by atoms with Gasteiger partial charge in [0.05, 0.1) is 6.20 Å². The summed E-state index contributed by atoms with van der Waals surface area (Å²) in [6, 6.07) is 21.6. The first-order chi connectivity index (χ1) is 12.9. The molecule has 3 heterocycles. The maximum absolute atomic E-state index is 4.70. The number of rotatable bonds is 4. The predicted molar refractivity (Wildman–Crippen MR) is 103 cm³/mol. The van der Waals surface area contributed by atoms with E-state index in [-0.39, 0.29) is 0 Å². The number of nitrogens with zero attached hydrogens (tertiary/aromatic N) is 4. The number of aromatic nitrogens is 3. The smallest absolute Gasteiger partial charge is 0.162 e. The molecule has 1 aliphatic heterocycles. The van der Waals surface area contributed by atoms with Gasteiger partial charge in [-0.2, -0.15) is 5.10 Å². The van der Waals surface area contributed by atoms with E-state index in [1.165, 1.54) is 17.5 Å². The van der Waals surface area contributed by atoms with Gasteiger partial charge >= 0.3 is 0 Å². The Balaban J connectivity index is 1.39. The van der Waals surface area contributed by atoms with Crippen LogP contribution in [0.2, 0.25) is 0 Å². The zero-order valence-corrected chi connectivity index (χ0v) is 14.5. The van der Waals surface area contributed by atoms with Crippen LogP contribution >= 0.6 is 0 Å². The van der Waals surface area contributed by atoms with Crippen molar-refractivity contribution in [2.75, 3.05) is 6.54 Å². The molecule has 1 saturated heterocycles. The molecule has 26 heavy (non-hydrogen) atoms. The normalized spacial score (nSPS) is 17.3. The summed E-state index contributed by atoms with van der Waals surface area (Å²) in [5.74, 6) is 0. The molecule has 0 N–H and O–H groups in total. The summed E-state index contributed by atoms with van der Waals surface area (Å²) in [4.78, 5) is 7.20. The molecule has 0 bridgehead atoms. The highest BCUT2D eigenvalue weighted by atomic mass is 15.2. The molecule has 0 unspecified atom stereocenters. The van der Waals surface area contributed by atoms with Crippen LogP contribution in [0, 0.1) is 0 Å². The van der Waals surface area contributed by atoms with Crippen LogP contribution in [0.3, 0.4) is 0 Å². The van der Waals surface area contributed by atoms with E-state index in [9.17, 15) is 0 Å². The summed E-state index contributed by atoms with van der Waals surface area (Å²) in [5, 5.41) is 4.52. The van der Waals surface area contributed by atoms with E-state index in [1.807, 2.05) is 35.1 Å². The van der Waals surface area contributed by atoms with E-state index in [2.05, 4.69) is 58.7 Å². The highest BCUT2D eigenvalue weighted by molar-refractivity contribution is 5.76. The van der Waals surface area contributed by atoms with Gasteiger partial charge in [0.25, 0.3) is 0 Å². The number of likely N-dealkylation sites (tertiary alicyclic amines) is 1. The third kappa shape index (κ3) is 2.68. The molecule has 4 aromatic rings. The first-order valence-corrected chi connectivity index (χ1v) is 9.05. The lowest BCUT2D eigenvalue weighted by atomic mass is 9.94. The van der Waals surface area contributed by atoms with Crippen molar-refractivity contribution in [1.82, 2.24) is 19.5 Å². The Morgan fingerprint density at radius 2 is 1.69 bits per heavy atom. The largest absolute Gasteiger partial charge is 0.292 e. The molecular weight excluding hydrogens is 320 g/mol. The molecule has 2 aromatic heterocycles. The van der Waals surface area contributed by atoms with Crippen LogP contribution in [0.5, 0.6) is 0 Å². The van der Waals surface area contributed by atoms with Crippen LogP contribution in [-0.4, -0.2) is 26.0 Å². The standard InChI is InChI=1S/C22H20N4/c1-3-7-18(8-4-1)20-14-24-26-16-17(13-23-22(20)26)15-25-12-11-21(25)19-9-5-2-6-10-19/h1-10,13-14,16,21H,11-12,15H2/t21-/m1/s1. The van der Waals surface area contributed by atoms with Gasteiger partial charge < -0.3 is 0 Å². The van der Waals surface area contributed by atoms with Crippen molar-refractivity contribution in [1.29, 1.82) is 0 Å². The Hall–Kier alpha value is -2.98. The van der Waals surface area contributed by atoms with Crippen LogP contribution in [0.25, 0.3) is 16.8 Å². The van der Waals surface area contributed by atoms with Gasteiger partial charge in [0.1, 0.15) is 0 Å². The summed E-state index contributed by atoms with van der Waals surface area (Å²) in [7, 11) is 0. The fourth-order valence-corrected chi connectivity index (χ4v) is 3.73. The quantitative estimate of drug-likeness (QED) is 0.554. The van der Waals surface area contributed by atoms with E-state index in [1.54, 1.807) is 0 Å². The first-order valence-electron chi connectivity index (χ1n) is 9.05. The molecule has 0 spiro atoms. The third-order valence-electron chi connectivity index (χ3n) is 5.20. The number of fused-ring (bicyclic) bond motifs is 1. The molecule has 0 aliphatic carbocycles. The van der Waals surface area contributed by atoms with Gasteiger partial charge in [0.15, 0.2) is 5.65 Å². The van der Waals surface area contributed by atoms with Gasteiger partial charge in [-0.15, -0.1) is 0 Å². The number of hydrogen-bond acceptors (Lipinski definition) is 3. The van der Waals surface area contributed by atoms with E-state index in [4.69, 9.17) is 4.98 Å². The van der Waals surface area contributed by atoms with Crippen molar-refractivity contribution in [2.24, 2.45) is 0 Å². The number of hydrogen-bond donors (Lipinski definition) is 0. The Morgan fingerprint density at radius 1 is 0.923 bits per heavy atom. The molecule has 0 amide bonds. The monoisotopic (exact) mass is 340 g/mol. The minimum atomic E-state index is 0.518. The molecule has 4 heteroatoms. The topological polar surface area (TPSA) is 33.4 Å². The van der Waals surface area contributed by atoms with Crippen LogP contribution in [0.4, 0.5) is 0 Å². The van der Waals surface area contributed by atoms with E-state index in [0.717, 1.165) is 29.9 Å². The van der Waals surface area contributed by atoms with Crippen LogP contribution < -0.4 is 0 Å². The molecular formula is C22H20N4. The lowest BCUT2D eigenvalue weighted by molar-refractivity contribution is 0.0816. The van der Waals surface area contributed by atoms with E-state index < -0.39 is 0 Å². The highest BCUT2D eigenvalue weighted by Crippen LogP contribution is 2.34. The summed E-state index contributed by atoms with van der Waals surface area (Å²) < 4.78 is 1.90. The predicted octanol–water partition coefficient (Wildman–Crippen LogP) is 4.34. The van der Waals surface area contributed by atoms with Gasteiger partial charge in [-0.3, -0.25) is 4.90 Å². The third-order valence-corrected chi connectivity index (χ3v) is 5.20. The minimum Gasteiger partial charge on any atom is -0.292 e. The first kappa shape index (κ1) is 15.3. The number of benzene rings is 2. The van der Waals surface area contributed by atoms with Gasteiger partial charge in [-0.25, -0.2) is 9.50 Å². The molecule has 128 valence electrons. The summed E-state index contributed by atoms with van der Waals surface area (Å²) in [5.41, 5.74) is 5.72. The molecule has 1 fully saturated rings. The van der Waals surface area contributed by atoms with Crippen molar-refractivity contribution in [3.05, 3.63) is 90.4 Å². The Bertz CT molecular complexity index is 1020.